The van der Waals surface area contributed by atoms with Crippen LogP contribution in [0.4, 0.5) is 4.39 Å². The third-order valence-electron chi connectivity index (χ3n) is 3.10. The fourth-order valence-corrected chi connectivity index (χ4v) is 3.06. The molecule has 2 rings (SSSR count). The first-order valence-corrected chi connectivity index (χ1v) is 7.04. The molecule has 1 aromatic carbocycles. The van der Waals surface area contributed by atoms with E-state index in [0.717, 1.165) is 0 Å². The minimum Gasteiger partial charge on any atom is -0.480 e. The highest BCUT2D eigenvalue weighted by Crippen LogP contribution is 2.21. The molecule has 6 heteroatoms. The smallest absolute Gasteiger partial charge is 0.327 e. The molecule has 1 aliphatic rings. The zero-order chi connectivity index (χ0) is 14.0. The average Bonchev–Trinajstić information content (AvgIpc) is 2.41. The number of carboxylic acids is 1. The van der Waals surface area contributed by atoms with Crippen LogP contribution < -0.4 is 0 Å². The first-order valence-electron chi connectivity index (χ1n) is 5.89. The second-order valence-corrected chi connectivity index (χ2v) is 5.51. The Morgan fingerprint density at radius 2 is 2.21 bits per heavy atom. The summed E-state index contributed by atoms with van der Waals surface area (Å²) in [7, 11) is 0. The molecule has 0 bridgehead atoms. The van der Waals surface area contributed by atoms with Crippen molar-refractivity contribution in [3.05, 3.63) is 35.1 Å². The van der Waals surface area contributed by atoms with Crippen molar-refractivity contribution in [2.75, 3.05) is 18.1 Å². The summed E-state index contributed by atoms with van der Waals surface area (Å²) in [6, 6.07) is 3.68. The zero-order valence-corrected chi connectivity index (χ0v) is 11.2. The Hall–Kier alpha value is -1.56. The average molecular weight is 283 g/mol. The third-order valence-corrected chi connectivity index (χ3v) is 4.12. The first-order chi connectivity index (χ1) is 9.02. The van der Waals surface area contributed by atoms with Crippen LogP contribution in [-0.2, 0) is 4.79 Å². The van der Waals surface area contributed by atoms with Gasteiger partial charge in [-0.15, -0.1) is 0 Å². The predicted molar refractivity (Wildman–Crippen MR) is 70.9 cm³/mol. The molecule has 0 radical (unpaired) electrons. The number of amides is 1. The van der Waals surface area contributed by atoms with Crippen molar-refractivity contribution in [1.82, 2.24) is 4.90 Å². The zero-order valence-electron chi connectivity index (χ0n) is 10.4. The lowest BCUT2D eigenvalue weighted by Gasteiger charge is -2.32. The Labute approximate surface area is 114 Å². The van der Waals surface area contributed by atoms with Crippen molar-refractivity contribution in [2.45, 2.75) is 13.0 Å². The number of nitrogens with zero attached hydrogens (tertiary/aromatic N) is 1. The summed E-state index contributed by atoms with van der Waals surface area (Å²) in [6.45, 7) is 1.90. The SMILES string of the molecule is Cc1cccc(C(=O)N2CCSCC2C(=O)O)c1F. The summed E-state index contributed by atoms with van der Waals surface area (Å²) in [6.07, 6.45) is 0. The number of thioether (sulfide) groups is 1. The van der Waals surface area contributed by atoms with Crippen molar-refractivity contribution in [3.63, 3.8) is 0 Å². The van der Waals surface area contributed by atoms with E-state index in [2.05, 4.69) is 0 Å². The van der Waals surface area contributed by atoms with E-state index >= 15 is 0 Å². The number of carbonyl (C=O) groups is 2. The summed E-state index contributed by atoms with van der Waals surface area (Å²) in [4.78, 5) is 24.7. The van der Waals surface area contributed by atoms with E-state index in [1.807, 2.05) is 0 Å². The Kier molecular flexibility index (Phi) is 4.09. The first kappa shape index (κ1) is 13.9. The van der Waals surface area contributed by atoms with E-state index in [4.69, 9.17) is 5.11 Å². The molecule has 0 spiro atoms. The van der Waals surface area contributed by atoms with E-state index in [-0.39, 0.29) is 5.56 Å². The van der Waals surface area contributed by atoms with Crippen molar-refractivity contribution in [1.29, 1.82) is 0 Å². The molecular formula is C13H14FNO3S. The minimum atomic E-state index is -1.05. The molecule has 0 aromatic heterocycles. The largest absolute Gasteiger partial charge is 0.480 e. The van der Waals surface area contributed by atoms with E-state index in [1.165, 1.54) is 22.7 Å². The topological polar surface area (TPSA) is 57.6 Å². The molecule has 1 atom stereocenters. The molecule has 1 unspecified atom stereocenters. The second kappa shape index (κ2) is 5.61. The van der Waals surface area contributed by atoms with E-state index in [0.29, 0.717) is 23.6 Å². The number of carbonyl (C=O) groups excluding carboxylic acids is 1. The van der Waals surface area contributed by atoms with Crippen molar-refractivity contribution < 1.29 is 19.1 Å². The number of aliphatic carboxylic acids is 1. The highest BCUT2D eigenvalue weighted by Gasteiger charge is 2.33. The van der Waals surface area contributed by atoms with Gasteiger partial charge in [-0.3, -0.25) is 4.79 Å². The van der Waals surface area contributed by atoms with Gasteiger partial charge in [0.15, 0.2) is 0 Å². The quantitative estimate of drug-likeness (QED) is 0.899. The third kappa shape index (κ3) is 2.73. The van der Waals surface area contributed by atoms with Gasteiger partial charge >= 0.3 is 5.97 Å². The molecule has 1 fully saturated rings. The van der Waals surface area contributed by atoms with Crippen LogP contribution in [0.5, 0.6) is 0 Å². The van der Waals surface area contributed by atoms with Gasteiger partial charge in [-0.05, 0) is 18.6 Å². The number of hydrogen-bond donors (Lipinski definition) is 1. The normalized spacial score (nSPS) is 19.3. The van der Waals surface area contributed by atoms with Gasteiger partial charge in [0.1, 0.15) is 11.9 Å². The molecule has 1 N–H and O–H groups in total. The molecular weight excluding hydrogens is 269 g/mol. The highest BCUT2D eigenvalue weighted by molar-refractivity contribution is 7.99. The van der Waals surface area contributed by atoms with Gasteiger partial charge in [0, 0.05) is 18.1 Å². The minimum absolute atomic E-state index is 0.0573. The standard InChI is InChI=1S/C13H14FNO3S/c1-8-3-2-4-9(11(8)14)12(16)15-5-6-19-7-10(15)13(17)18/h2-4,10H,5-7H2,1H3,(H,17,18). The maximum absolute atomic E-state index is 13.9. The Bertz CT molecular complexity index is 521. The maximum atomic E-state index is 13.9. The fraction of sp³-hybridized carbons (Fsp3) is 0.385. The molecule has 1 amide bonds. The molecule has 1 heterocycles. The lowest BCUT2D eigenvalue weighted by molar-refractivity contribution is -0.141. The van der Waals surface area contributed by atoms with E-state index in [9.17, 15) is 14.0 Å². The van der Waals surface area contributed by atoms with Crippen LogP contribution in [0, 0.1) is 12.7 Å². The Morgan fingerprint density at radius 1 is 1.47 bits per heavy atom. The molecule has 1 aliphatic heterocycles. The molecule has 102 valence electrons. The Morgan fingerprint density at radius 3 is 2.89 bits per heavy atom. The summed E-state index contributed by atoms with van der Waals surface area (Å²) < 4.78 is 13.9. The summed E-state index contributed by atoms with van der Waals surface area (Å²) in [5.74, 6) is -1.16. The fourth-order valence-electron chi connectivity index (χ4n) is 2.02. The predicted octanol–water partition coefficient (Wildman–Crippen LogP) is 1.78. The molecule has 0 saturated carbocycles. The maximum Gasteiger partial charge on any atom is 0.327 e. The summed E-state index contributed by atoms with van der Waals surface area (Å²) >= 11 is 1.49. The van der Waals surface area contributed by atoms with Gasteiger partial charge in [-0.2, -0.15) is 11.8 Å². The van der Waals surface area contributed by atoms with Gasteiger partial charge < -0.3 is 10.0 Å². The van der Waals surface area contributed by atoms with Gasteiger partial charge in [-0.1, -0.05) is 12.1 Å². The molecule has 19 heavy (non-hydrogen) atoms. The van der Waals surface area contributed by atoms with E-state index < -0.39 is 23.7 Å². The monoisotopic (exact) mass is 283 g/mol. The summed E-state index contributed by atoms with van der Waals surface area (Å²) in [5.41, 5.74) is 0.322. The van der Waals surface area contributed by atoms with Gasteiger partial charge in [0.05, 0.1) is 5.56 Å². The van der Waals surface area contributed by atoms with Crippen LogP contribution in [0.3, 0.4) is 0 Å². The molecule has 1 aromatic rings. The number of aryl methyl sites for hydroxylation is 1. The molecule has 1 saturated heterocycles. The summed E-state index contributed by atoms with van der Waals surface area (Å²) in [5, 5.41) is 9.13. The van der Waals surface area contributed by atoms with Gasteiger partial charge in [0.25, 0.3) is 5.91 Å². The van der Waals surface area contributed by atoms with Crippen molar-refractivity contribution >= 4 is 23.6 Å². The number of halogens is 1. The van der Waals surface area contributed by atoms with Crippen LogP contribution in [0.1, 0.15) is 15.9 Å². The lowest BCUT2D eigenvalue weighted by Crippen LogP contribution is -2.50. The van der Waals surface area contributed by atoms with Gasteiger partial charge in [-0.25, -0.2) is 9.18 Å². The number of carboxylic acid groups (broad SMARTS) is 1. The number of benzene rings is 1. The van der Waals surface area contributed by atoms with Crippen molar-refractivity contribution in [2.24, 2.45) is 0 Å². The Balaban J connectivity index is 2.31. The van der Waals surface area contributed by atoms with Crippen LogP contribution >= 0.6 is 11.8 Å². The lowest BCUT2D eigenvalue weighted by atomic mass is 10.1. The van der Waals surface area contributed by atoms with Crippen LogP contribution in [-0.4, -0.2) is 46.0 Å². The highest BCUT2D eigenvalue weighted by atomic mass is 32.2. The van der Waals surface area contributed by atoms with Gasteiger partial charge in [0.2, 0.25) is 0 Å². The number of hydrogen-bond acceptors (Lipinski definition) is 3. The van der Waals surface area contributed by atoms with Crippen LogP contribution in [0.25, 0.3) is 0 Å². The van der Waals surface area contributed by atoms with Crippen molar-refractivity contribution in [3.8, 4) is 0 Å². The van der Waals surface area contributed by atoms with Crippen LogP contribution in [0.15, 0.2) is 18.2 Å². The van der Waals surface area contributed by atoms with E-state index in [1.54, 1.807) is 19.1 Å². The molecule has 4 nitrogen and oxygen atoms in total. The van der Waals surface area contributed by atoms with Crippen LogP contribution in [0.2, 0.25) is 0 Å². The second-order valence-electron chi connectivity index (χ2n) is 4.36. The number of rotatable bonds is 2. The molecule has 0 aliphatic carbocycles.